The predicted molar refractivity (Wildman–Crippen MR) is 116 cm³/mol. The molecule has 0 bridgehead atoms. The molecule has 0 aliphatic heterocycles. The van der Waals surface area contributed by atoms with E-state index in [1.807, 2.05) is 56.3 Å². The molecule has 0 amide bonds. The van der Waals surface area contributed by atoms with Crippen LogP contribution in [0.25, 0.3) is 11.1 Å². The van der Waals surface area contributed by atoms with Crippen molar-refractivity contribution in [3.05, 3.63) is 60.2 Å². The minimum atomic E-state index is -1.12. The van der Waals surface area contributed by atoms with Crippen LogP contribution in [0.2, 0.25) is 0 Å². The van der Waals surface area contributed by atoms with Gasteiger partial charge in [0.1, 0.15) is 0 Å². The second kappa shape index (κ2) is 10.8. The number of carbonyl (C=O) groups is 3. The Morgan fingerprint density at radius 2 is 1.43 bits per heavy atom. The lowest BCUT2D eigenvalue weighted by Gasteiger charge is -2.29. The molecule has 0 heterocycles. The van der Waals surface area contributed by atoms with Crippen molar-refractivity contribution in [2.75, 3.05) is 5.75 Å². The molecule has 1 unspecified atom stereocenters. The molecule has 0 fully saturated rings. The zero-order chi connectivity index (χ0) is 21.3. The Hall–Kier alpha value is -2.40. The van der Waals surface area contributed by atoms with Crippen molar-refractivity contribution in [3.63, 3.8) is 0 Å². The molecule has 1 atom stereocenters. The first kappa shape index (κ1) is 23.6. The van der Waals surface area contributed by atoms with Crippen molar-refractivity contribution in [1.29, 1.82) is 0 Å². The Kier molecular flexibility index (Phi) is 9.13. The van der Waals surface area contributed by atoms with Gasteiger partial charge in [0.05, 0.1) is 5.92 Å². The smallest absolute Gasteiger partial charge is 0.308 e. The average Bonchev–Trinajstić information content (AvgIpc) is 2.69. The summed E-state index contributed by atoms with van der Waals surface area (Å²) in [5.74, 6) is -2.18. The minimum Gasteiger partial charge on any atom is -0.481 e. The SMILES string of the molecule is CC.CC(=O)SCC(C(=O)O)C(C)(C)C(=O)c1ccc(-c2ccccc2)cc1. The molecule has 0 aliphatic carbocycles. The van der Waals surface area contributed by atoms with E-state index < -0.39 is 17.3 Å². The van der Waals surface area contributed by atoms with Crippen LogP contribution in [0, 0.1) is 11.3 Å². The summed E-state index contributed by atoms with van der Waals surface area (Å²) in [6.45, 7) is 8.64. The summed E-state index contributed by atoms with van der Waals surface area (Å²) < 4.78 is 0. The molecule has 0 aliphatic rings. The second-order valence-corrected chi connectivity index (χ2v) is 7.88. The molecule has 2 aromatic carbocycles. The maximum absolute atomic E-state index is 12.9. The van der Waals surface area contributed by atoms with Gasteiger partial charge in [0.2, 0.25) is 0 Å². The fraction of sp³-hybridized carbons (Fsp3) is 0.348. The van der Waals surface area contributed by atoms with Gasteiger partial charge in [-0.2, -0.15) is 0 Å². The number of Topliss-reactive ketones (excluding diaryl/α,β-unsaturated/α-hetero) is 1. The van der Waals surface area contributed by atoms with Crippen LogP contribution < -0.4 is 0 Å². The fourth-order valence-electron chi connectivity index (χ4n) is 2.76. The molecular formula is C23H28O4S. The highest BCUT2D eigenvalue weighted by molar-refractivity contribution is 8.13. The third kappa shape index (κ3) is 6.06. The summed E-state index contributed by atoms with van der Waals surface area (Å²) in [6.07, 6.45) is 0. The van der Waals surface area contributed by atoms with E-state index >= 15 is 0 Å². The van der Waals surface area contributed by atoms with Gasteiger partial charge in [0, 0.05) is 23.7 Å². The molecule has 0 aromatic heterocycles. The molecule has 0 radical (unpaired) electrons. The van der Waals surface area contributed by atoms with Gasteiger partial charge >= 0.3 is 5.97 Å². The summed E-state index contributed by atoms with van der Waals surface area (Å²) in [7, 11) is 0. The monoisotopic (exact) mass is 400 g/mol. The zero-order valence-electron chi connectivity index (χ0n) is 17.1. The number of hydrogen-bond donors (Lipinski definition) is 1. The van der Waals surface area contributed by atoms with Gasteiger partial charge in [-0.15, -0.1) is 0 Å². The molecule has 150 valence electrons. The van der Waals surface area contributed by atoms with Gasteiger partial charge in [-0.05, 0) is 11.1 Å². The average molecular weight is 401 g/mol. The third-order valence-corrected chi connectivity index (χ3v) is 5.37. The van der Waals surface area contributed by atoms with Gasteiger partial charge in [-0.3, -0.25) is 14.4 Å². The standard InChI is InChI=1S/C21H22O4S.C2H6/c1-14(22)26-13-18(20(24)25)21(2,3)19(23)17-11-9-16(10-12-17)15-7-5-4-6-8-15;1-2/h4-12,18H,13H2,1-3H3,(H,24,25);1-2H3. The highest BCUT2D eigenvalue weighted by Gasteiger charge is 2.41. The maximum Gasteiger partial charge on any atom is 0.308 e. The van der Waals surface area contributed by atoms with E-state index in [1.54, 1.807) is 26.0 Å². The van der Waals surface area contributed by atoms with Crippen molar-refractivity contribution >= 4 is 28.6 Å². The van der Waals surface area contributed by atoms with Gasteiger partial charge in [0.15, 0.2) is 10.9 Å². The number of carbonyl (C=O) groups excluding carboxylic acids is 2. The summed E-state index contributed by atoms with van der Waals surface area (Å²) in [5.41, 5.74) is 1.38. The van der Waals surface area contributed by atoms with Crippen LogP contribution in [-0.2, 0) is 9.59 Å². The van der Waals surface area contributed by atoms with E-state index in [1.165, 1.54) is 6.92 Å². The largest absolute Gasteiger partial charge is 0.481 e. The molecule has 5 heteroatoms. The summed E-state index contributed by atoms with van der Waals surface area (Å²) in [4.78, 5) is 35.8. The molecule has 1 N–H and O–H groups in total. The first-order valence-electron chi connectivity index (χ1n) is 9.30. The predicted octanol–water partition coefficient (Wildman–Crippen LogP) is 5.57. The van der Waals surface area contributed by atoms with Crippen molar-refractivity contribution < 1.29 is 19.5 Å². The van der Waals surface area contributed by atoms with Crippen molar-refractivity contribution in [3.8, 4) is 11.1 Å². The van der Waals surface area contributed by atoms with Gasteiger partial charge in [0.25, 0.3) is 0 Å². The Bertz CT molecular complexity index is 795. The maximum atomic E-state index is 12.9. The van der Waals surface area contributed by atoms with Crippen LogP contribution in [0.3, 0.4) is 0 Å². The Labute approximate surface area is 171 Å². The van der Waals surface area contributed by atoms with E-state index in [0.29, 0.717) is 5.56 Å². The van der Waals surface area contributed by atoms with Crippen LogP contribution in [0.15, 0.2) is 54.6 Å². The zero-order valence-corrected chi connectivity index (χ0v) is 17.9. The molecular weight excluding hydrogens is 372 g/mol. The summed E-state index contributed by atoms with van der Waals surface area (Å²) >= 11 is 0.935. The van der Waals surface area contributed by atoms with E-state index in [9.17, 15) is 19.5 Å². The fourth-order valence-corrected chi connectivity index (χ4v) is 3.72. The molecule has 2 rings (SSSR count). The second-order valence-electron chi connectivity index (χ2n) is 6.69. The Morgan fingerprint density at radius 3 is 1.89 bits per heavy atom. The number of rotatable bonds is 7. The number of carboxylic acids is 1. The number of carboxylic acid groups (broad SMARTS) is 1. The molecule has 0 saturated heterocycles. The number of ketones is 1. The summed E-state index contributed by atoms with van der Waals surface area (Å²) in [5, 5.41) is 9.37. The van der Waals surface area contributed by atoms with Crippen LogP contribution in [0.5, 0.6) is 0 Å². The van der Waals surface area contributed by atoms with E-state index in [0.717, 1.165) is 22.9 Å². The first-order valence-corrected chi connectivity index (χ1v) is 10.3. The number of hydrogen-bond acceptors (Lipinski definition) is 4. The van der Waals surface area contributed by atoms with Gasteiger partial charge in [-0.25, -0.2) is 0 Å². The van der Waals surface area contributed by atoms with E-state index in [-0.39, 0.29) is 16.7 Å². The van der Waals surface area contributed by atoms with Gasteiger partial charge in [-0.1, -0.05) is 94.1 Å². The molecule has 4 nitrogen and oxygen atoms in total. The van der Waals surface area contributed by atoms with E-state index in [2.05, 4.69) is 0 Å². The van der Waals surface area contributed by atoms with Crippen LogP contribution >= 0.6 is 11.8 Å². The van der Waals surface area contributed by atoms with Crippen molar-refractivity contribution in [2.45, 2.75) is 34.6 Å². The van der Waals surface area contributed by atoms with Crippen LogP contribution in [0.1, 0.15) is 45.0 Å². The molecule has 0 saturated carbocycles. The minimum absolute atomic E-state index is 0.0749. The summed E-state index contributed by atoms with van der Waals surface area (Å²) in [6, 6.07) is 17.0. The lowest BCUT2D eigenvalue weighted by Crippen LogP contribution is -2.39. The Balaban J connectivity index is 0.00000190. The molecule has 28 heavy (non-hydrogen) atoms. The quantitative estimate of drug-likeness (QED) is 0.615. The first-order chi connectivity index (χ1) is 13.2. The van der Waals surface area contributed by atoms with E-state index in [4.69, 9.17) is 0 Å². The van der Waals surface area contributed by atoms with Crippen LogP contribution in [-0.4, -0.2) is 27.7 Å². The topological polar surface area (TPSA) is 71.4 Å². The Morgan fingerprint density at radius 1 is 0.929 bits per heavy atom. The highest BCUT2D eigenvalue weighted by atomic mass is 32.2. The van der Waals surface area contributed by atoms with Gasteiger partial charge < -0.3 is 5.11 Å². The highest BCUT2D eigenvalue weighted by Crippen LogP contribution is 2.34. The lowest BCUT2D eigenvalue weighted by atomic mass is 9.74. The number of benzene rings is 2. The van der Waals surface area contributed by atoms with Crippen LogP contribution in [0.4, 0.5) is 0 Å². The molecule has 2 aromatic rings. The van der Waals surface area contributed by atoms with Crippen molar-refractivity contribution in [2.24, 2.45) is 11.3 Å². The van der Waals surface area contributed by atoms with Crippen molar-refractivity contribution in [1.82, 2.24) is 0 Å². The third-order valence-electron chi connectivity index (χ3n) is 4.46. The normalized spacial score (nSPS) is 11.8. The molecule has 0 spiro atoms. The number of thioether (sulfide) groups is 1. The lowest BCUT2D eigenvalue weighted by molar-refractivity contribution is -0.143. The number of aliphatic carboxylic acids is 1.